The van der Waals surface area contributed by atoms with E-state index in [9.17, 15) is 13.4 Å². The summed E-state index contributed by atoms with van der Waals surface area (Å²) in [6, 6.07) is 3.13. The number of halogens is 1. The lowest BCUT2D eigenvalue weighted by atomic mass is 9.86. The molecule has 4 nitrogen and oxygen atoms in total. The molecule has 0 aliphatic heterocycles. The summed E-state index contributed by atoms with van der Waals surface area (Å²) in [4.78, 5) is 11.9. The van der Waals surface area contributed by atoms with Crippen LogP contribution >= 0.6 is 0 Å². The van der Waals surface area contributed by atoms with Crippen molar-refractivity contribution in [3.05, 3.63) is 34.6 Å². The third-order valence-electron chi connectivity index (χ3n) is 3.15. The van der Waals surface area contributed by atoms with Crippen molar-refractivity contribution in [1.29, 1.82) is 0 Å². The van der Waals surface area contributed by atoms with E-state index in [0.29, 0.717) is 11.1 Å². The number of nitrogens with zero attached hydrogens (tertiary/aromatic N) is 1. The zero-order chi connectivity index (χ0) is 16.4. The maximum absolute atomic E-state index is 14.1. The Morgan fingerprint density at radius 3 is 2.29 bits per heavy atom. The standard InChI is InChI=1S/C15H23FN2O2S/c1-9(2)11-6-7-13(16)15(10(3)4)12(11)8-14(19)18-21(5,17)20/h6-7,9-10H,8H2,1-5H3,(H2,17,18,19,20). The molecule has 0 heterocycles. The van der Waals surface area contributed by atoms with Crippen molar-refractivity contribution >= 4 is 15.8 Å². The van der Waals surface area contributed by atoms with Crippen molar-refractivity contribution in [2.45, 2.75) is 46.0 Å². The van der Waals surface area contributed by atoms with Gasteiger partial charge in [0.15, 0.2) is 0 Å². The van der Waals surface area contributed by atoms with Crippen LogP contribution in [0.25, 0.3) is 0 Å². The Bertz CT molecular complexity index is 652. The first-order valence-corrected chi connectivity index (χ1v) is 8.85. The van der Waals surface area contributed by atoms with Crippen LogP contribution in [0.15, 0.2) is 16.5 Å². The molecular formula is C15H23FN2O2S. The van der Waals surface area contributed by atoms with Crippen molar-refractivity contribution < 1.29 is 13.4 Å². The number of rotatable bonds is 4. The van der Waals surface area contributed by atoms with Gasteiger partial charge >= 0.3 is 0 Å². The Labute approximate surface area is 126 Å². The van der Waals surface area contributed by atoms with Gasteiger partial charge in [-0.3, -0.25) is 4.79 Å². The van der Waals surface area contributed by atoms with Crippen LogP contribution in [0, 0.1) is 5.82 Å². The molecule has 0 aliphatic carbocycles. The predicted octanol–water partition coefficient (Wildman–Crippen LogP) is 3.11. The SMILES string of the molecule is CC(C)c1ccc(F)c(C(C)C)c1CC(=O)N=S(C)(N)=O. The molecule has 118 valence electrons. The summed E-state index contributed by atoms with van der Waals surface area (Å²) in [7, 11) is -2.99. The Morgan fingerprint density at radius 2 is 1.86 bits per heavy atom. The Balaban J connectivity index is 3.41. The first kappa shape index (κ1) is 17.8. The van der Waals surface area contributed by atoms with E-state index in [4.69, 9.17) is 5.14 Å². The molecule has 0 fully saturated rings. The van der Waals surface area contributed by atoms with Gasteiger partial charge in [-0.25, -0.2) is 13.7 Å². The highest BCUT2D eigenvalue weighted by atomic mass is 32.2. The van der Waals surface area contributed by atoms with E-state index < -0.39 is 15.8 Å². The molecule has 0 spiro atoms. The normalized spacial score (nSPS) is 14.3. The molecule has 0 saturated heterocycles. The highest BCUT2D eigenvalue weighted by Crippen LogP contribution is 2.30. The maximum atomic E-state index is 14.1. The van der Waals surface area contributed by atoms with E-state index >= 15 is 0 Å². The monoisotopic (exact) mass is 314 g/mol. The summed E-state index contributed by atoms with van der Waals surface area (Å²) in [6.45, 7) is 7.71. The maximum Gasteiger partial charge on any atom is 0.259 e. The molecule has 6 heteroatoms. The number of carbonyl (C=O) groups is 1. The Kier molecular flexibility index (Phi) is 5.64. The molecule has 21 heavy (non-hydrogen) atoms. The fourth-order valence-electron chi connectivity index (χ4n) is 2.40. The molecule has 1 atom stereocenters. The lowest BCUT2D eigenvalue weighted by Gasteiger charge is -2.19. The van der Waals surface area contributed by atoms with Crippen molar-refractivity contribution in [2.75, 3.05) is 6.26 Å². The van der Waals surface area contributed by atoms with Crippen LogP contribution in [-0.4, -0.2) is 16.4 Å². The summed E-state index contributed by atoms with van der Waals surface area (Å²) < 4.78 is 29.0. The van der Waals surface area contributed by atoms with Gasteiger partial charge in [0.2, 0.25) is 0 Å². The highest BCUT2D eigenvalue weighted by Gasteiger charge is 2.20. The van der Waals surface area contributed by atoms with Gasteiger partial charge in [-0.1, -0.05) is 33.8 Å². The number of benzene rings is 1. The minimum absolute atomic E-state index is 0.0599. The van der Waals surface area contributed by atoms with Gasteiger partial charge in [-0.2, -0.15) is 0 Å². The number of amides is 1. The summed E-state index contributed by atoms with van der Waals surface area (Å²) in [5, 5.41) is 5.28. The second-order valence-corrected chi connectivity index (χ2v) is 7.77. The van der Waals surface area contributed by atoms with Crippen LogP contribution in [0.4, 0.5) is 4.39 Å². The van der Waals surface area contributed by atoms with Gasteiger partial charge in [0.05, 0.1) is 6.42 Å². The molecular weight excluding hydrogens is 291 g/mol. The molecule has 0 bridgehead atoms. The largest absolute Gasteiger partial charge is 0.272 e. The van der Waals surface area contributed by atoms with Gasteiger partial charge in [-0.15, -0.1) is 4.36 Å². The van der Waals surface area contributed by atoms with E-state index in [-0.39, 0.29) is 24.1 Å². The van der Waals surface area contributed by atoms with Crippen LogP contribution in [0.5, 0.6) is 0 Å². The van der Waals surface area contributed by atoms with Crippen LogP contribution in [-0.2, 0) is 21.1 Å². The van der Waals surface area contributed by atoms with E-state index in [0.717, 1.165) is 5.56 Å². The fraction of sp³-hybridized carbons (Fsp3) is 0.533. The van der Waals surface area contributed by atoms with Crippen LogP contribution < -0.4 is 5.14 Å². The molecule has 2 N–H and O–H groups in total. The first-order valence-electron chi connectivity index (χ1n) is 6.86. The van der Waals surface area contributed by atoms with Gasteiger partial charge in [0.1, 0.15) is 15.7 Å². The average molecular weight is 314 g/mol. The van der Waals surface area contributed by atoms with Crippen LogP contribution in [0.1, 0.15) is 56.2 Å². The smallest absolute Gasteiger partial charge is 0.259 e. The quantitative estimate of drug-likeness (QED) is 0.927. The lowest BCUT2D eigenvalue weighted by Crippen LogP contribution is -2.15. The minimum atomic E-state index is -2.99. The molecule has 1 aromatic rings. The van der Waals surface area contributed by atoms with Crippen molar-refractivity contribution in [3.8, 4) is 0 Å². The third-order valence-corrected chi connectivity index (χ3v) is 3.72. The van der Waals surface area contributed by atoms with Crippen LogP contribution in [0.2, 0.25) is 0 Å². The van der Waals surface area contributed by atoms with Gasteiger partial charge in [0.25, 0.3) is 5.91 Å². The average Bonchev–Trinajstić information content (AvgIpc) is 2.24. The second kappa shape index (κ2) is 6.66. The number of carbonyl (C=O) groups excluding carboxylic acids is 1. The van der Waals surface area contributed by atoms with Gasteiger partial charge in [-0.05, 0) is 34.6 Å². The van der Waals surface area contributed by atoms with E-state index in [1.54, 1.807) is 6.07 Å². The predicted molar refractivity (Wildman–Crippen MR) is 84.0 cm³/mol. The third kappa shape index (κ3) is 4.89. The number of hydrogen-bond donors (Lipinski definition) is 1. The summed E-state index contributed by atoms with van der Waals surface area (Å²) in [5.74, 6) is -0.827. The molecule has 1 unspecified atom stereocenters. The Hall–Kier alpha value is -1.27. The molecule has 1 rings (SSSR count). The number of nitrogens with two attached hydrogens (primary N) is 1. The molecule has 1 aromatic carbocycles. The highest BCUT2D eigenvalue weighted by molar-refractivity contribution is 7.91. The zero-order valence-electron chi connectivity index (χ0n) is 13.1. The topological polar surface area (TPSA) is 72.5 Å². The summed E-state index contributed by atoms with van der Waals surface area (Å²) >= 11 is 0. The van der Waals surface area contributed by atoms with Crippen molar-refractivity contribution in [3.63, 3.8) is 0 Å². The molecule has 0 saturated carbocycles. The minimum Gasteiger partial charge on any atom is -0.272 e. The molecule has 0 radical (unpaired) electrons. The van der Waals surface area contributed by atoms with Crippen molar-refractivity contribution in [1.82, 2.24) is 0 Å². The first-order chi connectivity index (χ1) is 9.53. The van der Waals surface area contributed by atoms with Crippen LogP contribution in [0.3, 0.4) is 0 Å². The summed E-state index contributed by atoms with van der Waals surface area (Å²) in [5.41, 5.74) is 2.06. The van der Waals surface area contributed by atoms with E-state index in [1.165, 1.54) is 12.3 Å². The molecule has 0 aromatic heterocycles. The van der Waals surface area contributed by atoms with E-state index in [1.807, 2.05) is 27.7 Å². The Morgan fingerprint density at radius 1 is 1.29 bits per heavy atom. The van der Waals surface area contributed by atoms with Gasteiger partial charge in [0, 0.05) is 6.26 Å². The van der Waals surface area contributed by atoms with Crippen molar-refractivity contribution in [2.24, 2.45) is 9.50 Å². The molecule has 0 aliphatic rings. The fourth-order valence-corrected chi connectivity index (χ4v) is 2.87. The summed E-state index contributed by atoms with van der Waals surface area (Å²) in [6.07, 6.45) is 1.12. The number of hydrogen-bond acceptors (Lipinski definition) is 2. The zero-order valence-corrected chi connectivity index (χ0v) is 14.0. The second-order valence-electron chi connectivity index (χ2n) is 5.86. The molecule has 1 amide bonds. The van der Waals surface area contributed by atoms with E-state index in [2.05, 4.69) is 4.36 Å². The lowest BCUT2D eigenvalue weighted by molar-refractivity contribution is -0.117. The van der Waals surface area contributed by atoms with Gasteiger partial charge < -0.3 is 0 Å².